The van der Waals surface area contributed by atoms with Gasteiger partial charge in [0.25, 0.3) is 0 Å². The van der Waals surface area contributed by atoms with E-state index in [1.54, 1.807) is 0 Å². The second kappa shape index (κ2) is 7.19. The molecule has 0 saturated carbocycles. The van der Waals surface area contributed by atoms with Crippen LogP contribution in [0.5, 0.6) is 0 Å². The molecule has 2 aromatic rings. The zero-order chi connectivity index (χ0) is 19.0. The predicted molar refractivity (Wildman–Crippen MR) is 106 cm³/mol. The van der Waals surface area contributed by atoms with Crippen LogP contribution in [0.2, 0.25) is 0 Å². The first-order chi connectivity index (χ1) is 13.1. The molecule has 6 nitrogen and oxygen atoms in total. The Hall–Kier alpha value is -2.60. The number of fused-ring (bicyclic) bond motifs is 2. The minimum absolute atomic E-state index is 0.194. The summed E-state index contributed by atoms with van der Waals surface area (Å²) in [5, 5.41) is 6.44. The van der Waals surface area contributed by atoms with Crippen LogP contribution in [0.1, 0.15) is 30.4 Å². The topological polar surface area (TPSA) is 77.2 Å². The number of benzene rings is 1. The second-order valence-corrected chi connectivity index (χ2v) is 7.49. The van der Waals surface area contributed by atoms with Crippen molar-refractivity contribution in [1.82, 2.24) is 20.5 Å². The smallest absolute Gasteiger partial charge is 0.321 e. The van der Waals surface area contributed by atoms with Gasteiger partial charge in [0.05, 0.1) is 5.92 Å². The lowest BCUT2D eigenvalue weighted by molar-refractivity contribution is -0.126. The van der Waals surface area contributed by atoms with Gasteiger partial charge in [-0.2, -0.15) is 0 Å². The fraction of sp³-hybridized carbons (Fsp3) is 0.429. The van der Waals surface area contributed by atoms with Crippen molar-refractivity contribution in [2.75, 3.05) is 19.6 Å². The molecule has 3 unspecified atom stereocenters. The molecular formula is C21H26N4O2. The quantitative estimate of drug-likeness (QED) is 0.728. The van der Waals surface area contributed by atoms with Gasteiger partial charge in [-0.15, -0.1) is 6.58 Å². The number of rotatable bonds is 4. The van der Waals surface area contributed by atoms with Crippen molar-refractivity contribution in [1.29, 1.82) is 0 Å². The molecule has 1 fully saturated rings. The van der Waals surface area contributed by atoms with E-state index in [0.29, 0.717) is 19.1 Å². The van der Waals surface area contributed by atoms with E-state index >= 15 is 0 Å². The number of urea groups is 1. The van der Waals surface area contributed by atoms with Gasteiger partial charge in [-0.05, 0) is 37.0 Å². The predicted octanol–water partition coefficient (Wildman–Crippen LogP) is 2.53. The summed E-state index contributed by atoms with van der Waals surface area (Å²) in [7, 11) is 0. The number of nitrogens with one attached hydrogen (secondary N) is 3. The number of hydrogen-bond donors (Lipinski definition) is 3. The van der Waals surface area contributed by atoms with Crippen LogP contribution in [0, 0.1) is 5.92 Å². The number of H-pyrrole nitrogens is 1. The zero-order valence-electron chi connectivity index (χ0n) is 15.6. The van der Waals surface area contributed by atoms with Crippen LogP contribution < -0.4 is 10.6 Å². The molecule has 2 heterocycles. The number of aromatic amines is 1. The minimum Gasteiger partial charge on any atom is -0.361 e. The van der Waals surface area contributed by atoms with Gasteiger partial charge in [-0.25, -0.2) is 4.79 Å². The average Bonchev–Trinajstić information content (AvgIpc) is 3.07. The third-order valence-corrected chi connectivity index (χ3v) is 5.88. The van der Waals surface area contributed by atoms with E-state index in [1.165, 1.54) is 16.5 Å². The average molecular weight is 366 g/mol. The highest BCUT2D eigenvalue weighted by atomic mass is 16.2. The Labute approximate surface area is 159 Å². The first-order valence-electron chi connectivity index (χ1n) is 9.64. The Morgan fingerprint density at radius 2 is 2.26 bits per heavy atom. The summed E-state index contributed by atoms with van der Waals surface area (Å²) in [6.45, 7) is 7.61. The first kappa shape index (κ1) is 17.8. The van der Waals surface area contributed by atoms with Crippen molar-refractivity contribution in [2.24, 2.45) is 5.92 Å². The summed E-state index contributed by atoms with van der Waals surface area (Å²) in [4.78, 5) is 30.2. The van der Waals surface area contributed by atoms with E-state index in [1.807, 2.05) is 13.0 Å². The Morgan fingerprint density at radius 1 is 1.41 bits per heavy atom. The highest BCUT2D eigenvalue weighted by Crippen LogP contribution is 2.44. The number of imide groups is 1. The van der Waals surface area contributed by atoms with Crippen LogP contribution >= 0.6 is 0 Å². The van der Waals surface area contributed by atoms with E-state index in [0.717, 1.165) is 24.9 Å². The Bertz CT molecular complexity index is 887. The number of carbonyl (C=O) groups excluding carboxylic acids is 2. The van der Waals surface area contributed by atoms with E-state index in [9.17, 15) is 9.59 Å². The van der Waals surface area contributed by atoms with Crippen molar-refractivity contribution in [3.63, 3.8) is 0 Å². The van der Waals surface area contributed by atoms with Crippen molar-refractivity contribution in [3.8, 4) is 0 Å². The number of likely N-dealkylation sites (tertiary alicyclic amines) is 1. The maximum atomic E-state index is 12.7. The van der Waals surface area contributed by atoms with E-state index in [-0.39, 0.29) is 17.7 Å². The third kappa shape index (κ3) is 3.14. The second-order valence-electron chi connectivity index (χ2n) is 7.49. The number of aromatic nitrogens is 1. The maximum absolute atomic E-state index is 12.7. The zero-order valence-corrected chi connectivity index (χ0v) is 15.6. The lowest BCUT2D eigenvalue weighted by Gasteiger charge is -2.46. The molecule has 3 atom stereocenters. The first-order valence-corrected chi connectivity index (χ1v) is 9.64. The molecule has 1 aromatic carbocycles. The summed E-state index contributed by atoms with van der Waals surface area (Å²) in [6, 6.07) is 6.30. The molecule has 27 heavy (non-hydrogen) atoms. The van der Waals surface area contributed by atoms with Gasteiger partial charge in [0, 0.05) is 48.7 Å². The Morgan fingerprint density at radius 3 is 3.04 bits per heavy atom. The van der Waals surface area contributed by atoms with E-state index in [2.05, 4.69) is 51.5 Å². The number of nitrogens with zero attached hydrogens (tertiary/aromatic N) is 1. The largest absolute Gasteiger partial charge is 0.361 e. The van der Waals surface area contributed by atoms with Gasteiger partial charge < -0.3 is 10.3 Å². The van der Waals surface area contributed by atoms with Gasteiger partial charge >= 0.3 is 6.03 Å². The molecule has 0 spiro atoms. The molecular weight excluding hydrogens is 340 g/mol. The normalized spacial score (nSPS) is 24.3. The lowest BCUT2D eigenvalue weighted by atomic mass is 9.72. The summed E-state index contributed by atoms with van der Waals surface area (Å²) in [5.74, 6) is -0.138. The molecule has 142 valence electrons. The molecule has 3 amide bonds. The summed E-state index contributed by atoms with van der Waals surface area (Å²) >= 11 is 0. The number of piperidine rings is 1. The van der Waals surface area contributed by atoms with Gasteiger partial charge in [-0.3, -0.25) is 15.0 Å². The molecule has 1 aromatic heterocycles. The molecule has 1 aliphatic heterocycles. The monoisotopic (exact) mass is 366 g/mol. The van der Waals surface area contributed by atoms with E-state index < -0.39 is 6.03 Å². The fourth-order valence-electron chi connectivity index (χ4n) is 4.78. The van der Waals surface area contributed by atoms with Crippen LogP contribution in [0.3, 0.4) is 0 Å². The molecule has 4 rings (SSSR count). The highest BCUT2D eigenvalue weighted by Gasteiger charge is 2.42. The molecule has 0 bridgehead atoms. The molecule has 1 aliphatic carbocycles. The Kier molecular flexibility index (Phi) is 4.74. The number of carbonyl (C=O) groups is 2. The van der Waals surface area contributed by atoms with Crippen molar-refractivity contribution in [3.05, 3.63) is 48.2 Å². The van der Waals surface area contributed by atoms with Gasteiger partial charge in [0.1, 0.15) is 0 Å². The van der Waals surface area contributed by atoms with Crippen LogP contribution in [-0.4, -0.2) is 47.5 Å². The number of amides is 3. The van der Waals surface area contributed by atoms with E-state index in [4.69, 9.17) is 0 Å². The number of hydrogen-bond acceptors (Lipinski definition) is 3. The molecule has 0 radical (unpaired) electrons. The fourth-order valence-corrected chi connectivity index (χ4v) is 4.78. The standard InChI is InChI=1S/C21H26N4O2/c1-3-8-25-12-14(20(26)24-21(27)22-4-2)9-16-15-6-5-7-17-19(15)13(11-23-17)10-18(16)25/h3,5-7,11,14,16,18,23H,1,4,8-10,12H2,2H3,(H2,22,24,26,27). The van der Waals surface area contributed by atoms with Gasteiger partial charge in [0.2, 0.25) is 5.91 Å². The van der Waals surface area contributed by atoms with Gasteiger partial charge in [-0.1, -0.05) is 18.2 Å². The molecule has 6 heteroatoms. The van der Waals surface area contributed by atoms with Gasteiger partial charge in [0.15, 0.2) is 0 Å². The Balaban J connectivity index is 1.64. The molecule has 2 aliphatic rings. The van der Waals surface area contributed by atoms with Crippen LogP contribution in [-0.2, 0) is 11.2 Å². The summed E-state index contributed by atoms with van der Waals surface area (Å²) in [5.41, 5.74) is 3.82. The maximum Gasteiger partial charge on any atom is 0.321 e. The van der Waals surface area contributed by atoms with Crippen molar-refractivity contribution in [2.45, 2.75) is 31.7 Å². The van der Waals surface area contributed by atoms with Crippen LogP contribution in [0.15, 0.2) is 37.1 Å². The lowest BCUT2D eigenvalue weighted by Crippen LogP contribution is -2.54. The minimum atomic E-state index is -0.418. The molecule has 3 N–H and O–H groups in total. The summed E-state index contributed by atoms with van der Waals surface area (Å²) < 4.78 is 0. The molecule has 1 saturated heterocycles. The van der Waals surface area contributed by atoms with Crippen molar-refractivity contribution >= 4 is 22.8 Å². The SMILES string of the molecule is C=CCN1CC(C(=O)NC(=O)NCC)CC2c3cccc4[nH]cc(c34)CC21. The van der Waals surface area contributed by atoms with Crippen LogP contribution in [0.4, 0.5) is 4.79 Å². The highest BCUT2D eigenvalue weighted by molar-refractivity contribution is 5.96. The van der Waals surface area contributed by atoms with Crippen LogP contribution in [0.25, 0.3) is 10.9 Å². The summed E-state index contributed by atoms with van der Waals surface area (Å²) in [6.07, 6.45) is 5.74. The van der Waals surface area contributed by atoms with Crippen molar-refractivity contribution < 1.29 is 9.59 Å². The third-order valence-electron chi connectivity index (χ3n) is 5.88.